The smallest absolute Gasteiger partial charge is 0.125 e. The van der Waals surface area contributed by atoms with Crippen LogP contribution in [-0.2, 0) is 7.05 Å². The summed E-state index contributed by atoms with van der Waals surface area (Å²) in [5, 5.41) is 3.56. The van der Waals surface area contributed by atoms with Gasteiger partial charge < -0.3 is 9.88 Å². The van der Waals surface area contributed by atoms with Crippen molar-refractivity contribution in [2.24, 2.45) is 7.05 Å². The third-order valence-corrected chi connectivity index (χ3v) is 3.18. The molecule has 4 heteroatoms. The summed E-state index contributed by atoms with van der Waals surface area (Å²) in [7, 11) is 2.03. The Labute approximate surface area is 96.7 Å². The summed E-state index contributed by atoms with van der Waals surface area (Å²) in [6, 6.07) is 0.867. The number of thioether (sulfide) groups is 1. The van der Waals surface area contributed by atoms with Gasteiger partial charge in [-0.2, -0.15) is 11.8 Å². The first-order chi connectivity index (χ1) is 7.15. The van der Waals surface area contributed by atoms with E-state index in [-0.39, 0.29) is 0 Å². The molecule has 2 unspecified atom stereocenters. The standard InChI is InChI=1S/C11H21N3S/c1-9(5-8-15-4)13-10(2)11-12-6-7-14(11)3/h6-7,9-10,13H,5,8H2,1-4H3. The highest BCUT2D eigenvalue weighted by molar-refractivity contribution is 7.98. The molecule has 0 aliphatic carbocycles. The lowest BCUT2D eigenvalue weighted by Gasteiger charge is -2.19. The van der Waals surface area contributed by atoms with Crippen LogP contribution in [0, 0.1) is 0 Å². The molecule has 0 fully saturated rings. The van der Waals surface area contributed by atoms with Gasteiger partial charge in [0.05, 0.1) is 6.04 Å². The molecule has 2 atom stereocenters. The van der Waals surface area contributed by atoms with Crippen molar-refractivity contribution in [2.75, 3.05) is 12.0 Å². The number of nitrogens with zero attached hydrogens (tertiary/aromatic N) is 2. The zero-order valence-corrected chi connectivity index (χ0v) is 10.8. The van der Waals surface area contributed by atoms with Crippen molar-refractivity contribution in [1.82, 2.24) is 14.9 Å². The van der Waals surface area contributed by atoms with E-state index in [1.165, 1.54) is 12.2 Å². The molecule has 86 valence electrons. The average Bonchev–Trinajstić information content (AvgIpc) is 2.61. The van der Waals surface area contributed by atoms with E-state index in [1.54, 1.807) is 0 Å². The summed E-state index contributed by atoms with van der Waals surface area (Å²) < 4.78 is 2.07. The number of aryl methyl sites for hydroxylation is 1. The molecule has 0 aliphatic rings. The molecule has 1 rings (SSSR count). The van der Waals surface area contributed by atoms with Crippen molar-refractivity contribution < 1.29 is 0 Å². The number of hydrogen-bond donors (Lipinski definition) is 1. The van der Waals surface area contributed by atoms with E-state index in [4.69, 9.17) is 0 Å². The molecular formula is C11H21N3S. The third kappa shape index (κ3) is 3.87. The molecule has 0 spiro atoms. The minimum atomic E-state index is 0.321. The minimum absolute atomic E-state index is 0.321. The van der Waals surface area contributed by atoms with Gasteiger partial charge in [-0.3, -0.25) is 0 Å². The van der Waals surface area contributed by atoms with Crippen molar-refractivity contribution in [3.63, 3.8) is 0 Å². The fraction of sp³-hybridized carbons (Fsp3) is 0.727. The van der Waals surface area contributed by atoms with Crippen LogP contribution in [-0.4, -0.2) is 27.6 Å². The zero-order chi connectivity index (χ0) is 11.3. The van der Waals surface area contributed by atoms with Crippen LogP contribution in [0.15, 0.2) is 12.4 Å². The van der Waals surface area contributed by atoms with Crippen LogP contribution in [0.5, 0.6) is 0 Å². The van der Waals surface area contributed by atoms with Gasteiger partial charge in [0.2, 0.25) is 0 Å². The molecule has 1 N–H and O–H groups in total. The van der Waals surface area contributed by atoms with E-state index in [0.29, 0.717) is 12.1 Å². The second-order valence-electron chi connectivity index (χ2n) is 3.97. The molecule has 1 heterocycles. The maximum Gasteiger partial charge on any atom is 0.125 e. The Morgan fingerprint density at radius 3 is 2.80 bits per heavy atom. The number of imidazole rings is 1. The van der Waals surface area contributed by atoms with E-state index in [9.17, 15) is 0 Å². The predicted octanol–water partition coefficient (Wildman–Crippen LogP) is 2.21. The Kier molecular flexibility index (Phi) is 5.19. The van der Waals surface area contributed by atoms with Crippen LogP contribution >= 0.6 is 11.8 Å². The maximum atomic E-state index is 4.34. The van der Waals surface area contributed by atoms with E-state index in [0.717, 1.165) is 5.82 Å². The fourth-order valence-electron chi connectivity index (χ4n) is 1.67. The van der Waals surface area contributed by atoms with Crippen molar-refractivity contribution in [2.45, 2.75) is 32.4 Å². The summed E-state index contributed by atoms with van der Waals surface area (Å²) >= 11 is 1.90. The topological polar surface area (TPSA) is 29.9 Å². The van der Waals surface area contributed by atoms with Crippen molar-refractivity contribution >= 4 is 11.8 Å². The number of rotatable bonds is 6. The van der Waals surface area contributed by atoms with E-state index < -0.39 is 0 Å². The number of aromatic nitrogens is 2. The van der Waals surface area contributed by atoms with Crippen LogP contribution in [0.25, 0.3) is 0 Å². The first-order valence-electron chi connectivity index (χ1n) is 5.37. The molecule has 0 saturated heterocycles. The van der Waals surface area contributed by atoms with Gasteiger partial charge in [0.15, 0.2) is 0 Å². The van der Waals surface area contributed by atoms with Gasteiger partial charge in [0, 0.05) is 25.5 Å². The second-order valence-corrected chi connectivity index (χ2v) is 4.95. The largest absolute Gasteiger partial charge is 0.337 e. The monoisotopic (exact) mass is 227 g/mol. The van der Waals surface area contributed by atoms with Gasteiger partial charge in [-0.25, -0.2) is 4.98 Å². The summed E-state index contributed by atoms with van der Waals surface area (Å²) in [6.07, 6.45) is 7.19. The average molecular weight is 227 g/mol. The molecule has 0 aromatic carbocycles. The highest BCUT2D eigenvalue weighted by atomic mass is 32.2. The van der Waals surface area contributed by atoms with Crippen LogP contribution in [0.1, 0.15) is 32.1 Å². The van der Waals surface area contributed by atoms with Crippen LogP contribution in [0.4, 0.5) is 0 Å². The summed E-state index contributed by atoms with van der Waals surface area (Å²) in [5.74, 6) is 2.31. The maximum absolute atomic E-state index is 4.34. The molecular weight excluding hydrogens is 206 g/mol. The van der Waals surface area contributed by atoms with Gasteiger partial charge in [0.1, 0.15) is 5.82 Å². The van der Waals surface area contributed by atoms with Crippen LogP contribution < -0.4 is 5.32 Å². The van der Waals surface area contributed by atoms with Gasteiger partial charge in [-0.15, -0.1) is 0 Å². The van der Waals surface area contributed by atoms with Crippen molar-refractivity contribution in [1.29, 1.82) is 0 Å². The van der Waals surface area contributed by atoms with Gasteiger partial charge in [-0.05, 0) is 32.3 Å². The lowest BCUT2D eigenvalue weighted by atomic mass is 10.2. The Bertz CT molecular complexity index is 285. The highest BCUT2D eigenvalue weighted by Gasteiger charge is 2.12. The first-order valence-corrected chi connectivity index (χ1v) is 6.76. The fourth-order valence-corrected chi connectivity index (χ4v) is 2.26. The van der Waals surface area contributed by atoms with Crippen molar-refractivity contribution in [3.8, 4) is 0 Å². The van der Waals surface area contributed by atoms with E-state index in [2.05, 4.69) is 35.0 Å². The first kappa shape index (κ1) is 12.6. The second kappa shape index (κ2) is 6.18. The Morgan fingerprint density at radius 1 is 1.53 bits per heavy atom. The van der Waals surface area contributed by atoms with E-state index >= 15 is 0 Å². The molecule has 0 saturated carbocycles. The molecule has 3 nitrogen and oxygen atoms in total. The molecule has 15 heavy (non-hydrogen) atoms. The SMILES string of the molecule is CSCCC(C)NC(C)c1nccn1C. The summed E-state index contributed by atoms with van der Waals surface area (Å²) in [6.45, 7) is 4.40. The van der Waals surface area contributed by atoms with Gasteiger partial charge in [-0.1, -0.05) is 0 Å². The minimum Gasteiger partial charge on any atom is -0.337 e. The third-order valence-electron chi connectivity index (χ3n) is 2.54. The molecule has 0 radical (unpaired) electrons. The molecule has 1 aromatic heterocycles. The zero-order valence-electron chi connectivity index (χ0n) is 10.0. The molecule has 0 bridgehead atoms. The van der Waals surface area contributed by atoms with Crippen LogP contribution in [0.3, 0.4) is 0 Å². The van der Waals surface area contributed by atoms with Crippen LogP contribution in [0.2, 0.25) is 0 Å². The number of nitrogens with one attached hydrogen (secondary N) is 1. The van der Waals surface area contributed by atoms with Crippen molar-refractivity contribution in [3.05, 3.63) is 18.2 Å². The Balaban J connectivity index is 2.42. The lowest BCUT2D eigenvalue weighted by molar-refractivity contribution is 0.449. The van der Waals surface area contributed by atoms with E-state index in [1.807, 2.05) is 31.2 Å². The van der Waals surface area contributed by atoms with Gasteiger partial charge in [0.25, 0.3) is 0 Å². The highest BCUT2D eigenvalue weighted by Crippen LogP contribution is 2.11. The quantitative estimate of drug-likeness (QED) is 0.808. The normalized spacial score (nSPS) is 15.2. The summed E-state index contributed by atoms with van der Waals surface area (Å²) in [4.78, 5) is 4.34. The molecule has 1 aromatic rings. The Hall–Kier alpha value is -0.480. The van der Waals surface area contributed by atoms with Gasteiger partial charge >= 0.3 is 0 Å². The summed E-state index contributed by atoms with van der Waals surface area (Å²) in [5.41, 5.74) is 0. The lowest BCUT2D eigenvalue weighted by Crippen LogP contribution is -2.30. The Morgan fingerprint density at radius 2 is 2.27 bits per heavy atom. The number of hydrogen-bond acceptors (Lipinski definition) is 3. The predicted molar refractivity (Wildman–Crippen MR) is 67.2 cm³/mol. The molecule has 0 aliphatic heterocycles. The molecule has 0 amide bonds.